The first-order chi connectivity index (χ1) is 8.32. The van der Waals surface area contributed by atoms with Crippen LogP contribution in [0.5, 0.6) is 5.75 Å². The molecule has 1 unspecified atom stereocenters. The van der Waals surface area contributed by atoms with E-state index < -0.39 is 0 Å². The van der Waals surface area contributed by atoms with Crippen molar-refractivity contribution in [3.63, 3.8) is 0 Å². The van der Waals surface area contributed by atoms with Crippen molar-refractivity contribution in [1.82, 2.24) is 5.32 Å². The first kappa shape index (κ1) is 12.4. The molecule has 3 nitrogen and oxygen atoms in total. The van der Waals surface area contributed by atoms with E-state index in [4.69, 9.17) is 4.74 Å². The molecule has 0 spiro atoms. The van der Waals surface area contributed by atoms with Gasteiger partial charge in [0.05, 0.1) is 13.7 Å². The summed E-state index contributed by atoms with van der Waals surface area (Å²) < 4.78 is 5.43. The first-order valence-electron chi connectivity index (χ1n) is 6.27. The van der Waals surface area contributed by atoms with Gasteiger partial charge in [0.25, 0.3) is 0 Å². The lowest BCUT2D eigenvalue weighted by molar-refractivity contribution is 0.175. The second-order valence-electron chi connectivity index (χ2n) is 4.74. The van der Waals surface area contributed by atoms with E-state index in [1.165, 1.54) is 0 Å². The molecular weight excluding hydrogens is 214 g/mol. The van der Waals surface area contributed by atoms with Crippen LogP contribution >= 0.6 is 0 Å². The SMILES string of the molecule is COc1ccccc1C1(CO)CCCNCC1. The normalized spacial score (nSPS) is 25.3. The maximum Gasteiger partial charge on any atom is 0.122 e. The lowest BCUT2D eigenvalue weighted by Crippen LogP contribution is -2.32. The van der Waals surface area contributed by atoms with E-state index in [0.29, 0.717) is 0 Å². The summed E-state index contributed by atoms with van der Waals surface area (Å²) in [6.45, 7) is 2.19. The van der Waals surface area contributed by atoms with Crippen molar-refractivity contribution in [2.75, 3.05) is 26.8 Å². The Balaban J connectivity index is 2.38. The van der Waals surface area contributed by atoms with Crippen molar-refractivity contribution < 1.29 is 9.84 Å². The third-order valence-electron chi connectivity index (χ3n) is 3.77. The van der Waals surface area contributed by atoms with Crippen molar-refractivity contribution in [3.8, 4) is 5.75 Å². The molecule has 1 aliphatic rings. The zero-order valence-corrected chi connectivity index (χ0v) is 10.4. The molecule has 0 aromatic heterocycles. The Morgan fingerprint density at radius 1 is 1.29 bits per heavy atom. The molecule has 0 amide bonds. The number of para-hydroxylation sites is 1. The predicted molar refractivity (Wildman–Crippen MR) is 68.5 cm³/mol. The summed E-state index contributed by atoms with van der Waals surface area (Å²) in [6, 6.07) is 8.06. The van der Waals surface area contributed by atoms with E-state index in [0.717, 1.165) is 43.7 Å². The molecular formula is C14H21NO2. The van der Waals surface area contributed by atoms with E-state index in [2.05, 4.69) is 11.4 Å². The van der Waals surface area contributed by atoms with Gasteiger partial charge in [-0.3, -0.25) is 0 Å². The zero-order chi connectivity index (χ0) is 12.1. The van der Waals surface area contributed by atoms with Gasteiger partial charge < -0.3 is 15.2 Å². The van der Waals surface area contributed by atoms with Gasteiger partial charge in [-0.2, -0.15) is 0 Å². The molecule has 1 atom stereocenters. The summed E-state index contributed by atoms with van der Waals surface area (Å²) in [5.41, 5.74) is 1.00. The molecule has 1 saturated heterocycles. The standard InChI is InChI=1S/C14H21NO2/c1-17-13-6-3-2-5-12(13)14(11-16)7-4-9-15-10-8-14/h2-3,5-6,15-16H,4,7-11H2,1H3. The molecule has 0 radical (unpaired) electrons. The molecule has 17 heavy (non-hydrogen) atoms. The molecule has 1 aromatic rings. The minimum absolute atomic E-state index is 0.143. The van der Waals surface area contributed by atoms with Gasteiger partial charge in [-0.15, -0.1) is 0 Å². The van der Waals surface area contributed by atoms with Gasteiger partial charge in [0.2, 0.25) is 0 Å². The number of rotatable bonds is 3. The second kappa shape index (κ2) is 5.52. The van der Waals surface area contributed by atoms with Crippen molar-refractivity contribution >= 4 is 0 Å². The van der Waals surface area contributed by atoms with Gasteiger partial charge in [0, 0.05) is 11.0 Å². The van der Waals surface area contributed by atoms with Crippen LogP contribution in [0.25, 0.3) is 0 Å². The quantitative estimate of drug-likeness (QED) is 0.838. The van der Waals surface area contributed by atoms with E-state index in [-0.39, 0.29) is 12.0 Å². The molecule has 0 aliphatic carbocycles. The highest BCUT2D eigenvalue weighted by Gasteiger charge is 2.34. The first-order valence-corrected chi connectivity index (χ1v) is 6.27. The number of hydrogen-bond donors (Lipinski definition) is 2. The fourth-order valence-electron chi connectivity index (χ4n) is 2.72. The average molecular weight is 235 g/mol. The van der Waals surface area contributed by atoms with Gasteiger partial charge >= 0.3 is 0 Å². The highest BCUT2D eigenvalue weighted by atomic mass is 16.5. The average Bonchev–Trinajstić information content (AvgIpc) is 2.65. The van der Waals surface area contributed by atoms with E-state index in [1.807, 2.05) is 18.2 Å². The lowest BCUT2D eigenvalue weighted by Gasteiger charge is -2.32. The van der Waals surface area contributed by atoms with E-state index in [9.17, 15) is 5.11 Å². The lowest BCUT2D eigenvalue weighted by atomic mass is 9.75. The molecule has 1 heterocycles. The molecule has 3 heteroatoms. The number of nitrogens with one attached hydrogen (secondary N) is 1. The fourth-order valence-corrected chi connectivity index (χ4v) is 2.72. The Hall–Kier alpha value is -1.06. The summed E-state index contributed by atoms with van der Waals surface area (Å²) in [5.74, 6) is 0.892. The maximum absolute atomic E-state index is 9.86. The highest BCUT2D eigenvalue weighted by molar-refractivity contribution is 5.40. The van der Waals surface area contributed by atoms with Crippen LogP contribution in [0.1, 0.15) is 24.8 Å². The molecule has 94 valence electrons. The van der Waals surface area contributed by atoms with Gasteiger partial charge in [-0.1, -0.05) is 18.2 Å². The molecule has 1 fully saturated rings. The maximum atomic E-state index is 9.86. The zero-order valence-electron chi connectivity index (χ0n) is 10.4. The van der Waals surface area contributed by atoms with Crippen LogP contribution in [0.4, 0.5) is 0 Å². The molecule has 0 saturated carbocycles. The Morgan fingerprint density at radius 3 is 2.88 bits per heavy atom. The second-order valence-corrected chi connectivity index (χ2v) is 4.74. The molecule has 2 N–H and O–H groups in total. The van der Waals surface area contributed by atoms with E-state index >= 15 is 0 Å². The number of methoxy groups -OCH3 is 1. The Bertz CT molecular complexity index is 357. The van der Waals surface area contributed by atoms with Gasteiger partial charge in [0.15, 0.2) is 0 Å². The third-order valence-corrected chi connectivity index (χ3v) is 3.77. The van der Waals surface area contributed by atoms with Crippen molar-refractivity contribution in [2.45, 2.75) is 24.7 Å². The third kappa shape index (κ3) is 2.45. The van der Waals surface area contributed by atoms with Gasteiger partial charge in [-0.25, -0.2) is 0 Å². The largest absolute Gasteiger partial charge is 0.496 e. The van der Waals surface area contributed by atoms with Gasteiger partial charge in [0.1, 0.15) is 5.75 Å². The van der Waals surface area contributed by atoms with Crippen LogP contribution in [0.3, 0.4) is 0 Å². The van der Waals surface area contributed by atoms with Crippen LogP contribution in [0, 0.1) is 0 Å². The summed E-state index contributed by atoms with van der Waals surface area (Å²) in [5, 5.41) is 13.2. The monoisotopic (exact) mass is 235 g/mol. The number of aliphatic hydroxyl groups is 1. The smallest absolute Gasteiger partial charge is 0.122 e. The Labute approximate surface area is 103 Å². The van der Waals surface area contributed by atoms with Crippen molar-refractivity contribution in [1.29, 1.82) is 0 Å². The van der Waals surface area contributed by atoms with Crippen LogP contribution < -0.4 is 10.1 Å². The summed E-state index contributed by atoms with van der Waals surface area (Å²) in [4.78, 5) is 0. The van der Waals surface area contributed by atoms with Crippen molar-refractivity contribution in [3.05, 3.63) is 29.8 Å². The molecule has 1 aromatic carbocycles. The van der Waals surface area contributed by atoms with Crippen molar-refractivity contribution in [2.24, 2.45) is 0 Å². The topological polar surface area (TPSA) is 41.5 Å². The summed E-state index contributed by atoms with van der Waals surface area (Å²) >= 11 is 0. The number of ether oxygens (including phenoxy) is 1. The minimum atomic E-state index is -0.143. The number of benzene rings is 1. The number of hydrogen-bond acceptors (Lipinski definition) is 3. The van der Waals surface area contributed by atoms with E-state index in [1.54, 1.807) is 7.11 Å². The Morgan fingerprint density at radius 2 is 2.12 bits per heavy atom. The number of aliphatic hydroxyl groups excluding tert-OH is 1. The summed E-state index contributed by atoms with van der Waals surface area (Å²) in [7, 11) is 1.69. The van der Waals surface area contributed by atoms with Crippen LogP contribution in [-0.4, -0.2) is 31.9 Å². The predicted octanol–water partition coefficient (Wildman–Crippen LogP) is 1.70. The van der Waals surface area contributed by atoms with Crippen LogP contribution in [0.2, 0.25) is 0 Å². The Kier molecular flexibility index (Phi) is 4.02. The molecule has 2 rings (SSSR count). The minimum Gasteiger partial charge on any atom is -0.496 e. The highest BCUT2D eigenvalue weighted by Crippen LogP contribution is 2.38. The van der Waals surface area contributed by atoms with Crippen LogP contribution in [-0.2, 0) is 5.41 Å². The fraction of sp³-hybridized carbons (Fsp3) is 0.571. The summed E-state index contributed by atoms with van der Waals surface area (Å²) in [6.07, 6.45) is 3.07. The van der Waals surface area contributed by atoms with Gasteiger partial charge in [-0.05, 0) is 38.4 Å². The molecule has 1 aliphatic heterocycles. The molecule has 0 bridgehead atoms. The van der Waals surface area contributed by atoms with Crippen LogP contribution in [0.15, 0.2) is 24.3 Å².